The van der Waals surface area contributed by atoms with Gasteiger partial charge in [-0.2, -0.15) is 0 Å². The molecule has 0 bridgehead atoms. The molecule has 0 saturated carbocycles. The molecule has 0 aliphatic carbocycles. The summed E-state index contributed by atoms with van der Waals surface area (Å²) in [6, 6.07) is 7.37. The van der Waals surface area contributed by atoms with E-state index in [4.69, 9.17) is 9.26 Å². The minimum absolute atomic E-state index is 0.00973. The van der Waals surface area contributed by atoms with Gasteiger partial charge in [-0.05, 0) is 45.7 Å². The van der Waals surface area contributed by atoms with Crippen molar-refractivity contribution in [3.8, 4) is 5.75 Å². The first kappa shape index (κ1) is 16.4. The molecule has 1 fully saturated rings. The summed E-state index contributed by atoms with van der Waals surface area (Å²) in [7, 11) is 0. The summed E-state index contributed by atoms with van der Waals surface area (Å²) in [4.78, 5) is 14.7. The maximum Gasteiger partial charge on any atom is 0.322 e. The van der Waals surface area contributed by atoms with Crippen LogP contribution in [0.15, 0.2) is 28.8 Å². The van der Waals surface area contributed by atoms with E-state index in [0.29, 0.717) is 18.0 Å². The fourth-order valence-corrected chi connectivity index (χ4v) is 3.31. The van der Waals surface area contributed by atoms with E-state index in [1.165, 1.54) is 0 Å². The van der Waals surface area contributed by atoms with Gasteiger partial charge in [0.2, 0.25) is 0 Å². The lowest BCUT2D eigenvalue weighted by Gasteiger charge is -2.25. The molecule has 1 aromatic heterocycles. The SMILES string of the molecule is CCOc1ccccc1NC(=O)N1CCCC1c1c(C)noc1C. The first-order valence-electron chi connectivity index (χ1n) is 8.34. The summed E-state index contributed by atoms with van der Waals surface area (Å²) in [5.74, 6) is 1.47. The highest BCUT2D eigenvalue weighted by atomic mass is 16.5. The molecule has 1 saturated heterocycles. The van der Waals surface area contributed by atoms with Crippen molar-refractivity contribution in [2.45, 2.75) is 39.7 Å². The zero-order valence-corrected chi connectivity index (χ0v) is 14.3. The number of aryl methyl sites for hydroxylation is 2. The molecule has 1 aliphatic rings. The zero-order chi connectivity index (χ0) is 17.1. The van der Waals surface area contributed by atoms with Crippen molar-refractivity contribution in [3.05, 3.63) is 41.3 Å². The van der Waals surface area contributed by atoms with E-state index in [2.05, 4.69) is 10.5 Å². The van der Waals surface area contributed by atoms with Crippen molar-refractivity contribution in [1.82, 2.24) is 10.1 Å². The van der Waals surface area contributed by atoms with Gasteiger partial charge in [-0.3, -0.25) is 0 Å². The van der Waals surface area contributed by atoms with Gasteiger partial charge in [0.05, 0.1) is 24.0 Å². The van der Waals surface area contributed by atoms with E-state index in [0.717, 1.165) is 36.4 Å². The molecule has 2 aromatic rings. The van der Waals surface area contributed by atoms with Crippen molar-refractivity contribution in [1.29, 1.82) is 0 Å². The first-order chi connectivity index (χ1) is 11.6. The van der Waals surface area contributed by atoms with Crippen molar-refractivity contribution in [3.63, 3.8) is 0 Å². The second-order valence-electron chi connectivity index (χ2n) is 5.95. The molecule has 6 heteroatoms. The fraction of sp³-hybridized carbons (Fsp3) is 0.444. The lowest BCUT2D eigenvalue weighted by Crippen LogP contribution is -2.34. The van der Waals surface area contributed by atoms with Crippen LogP contribution >= 0.6 is 0 Å². The highest BCUT2D eigenvalue weighted by Crippen LogP contribution is 2.36. The van der Waals surface area contributed by atoms with Crippen LogP contribution in [0, 0.1) is 13.8 Å². The molecule has 24 heavy (non-hydrogen) atoms. The number of carbonyl (C=O) groups excluding carboxylic acids is 1. The summed E-state index contributed by atoms with van der Waals surface area (Å²) in [5.41, 5.74) is 2.57. The predicted octanol–water partition coefficient (Wildman–Crippen LogP) is 4.06. The van der Waals surface area contributed by atoms with Crippen LogP contribution in [0.5, 0.6) is 5.75 Å². The number of para-hydroxylation sites is 2. The van der Waals surface area contributed by atoms with Crippen LogP contribution in [-0.2, 0) is 0 Å². The lowest BCUT2D eigenvalue weighted by atomic mass is 10.0. The van der Waals surface area contributed by atoms with E-state index in [9.17, 15) is 4.79 Å². The Kier molecular flexibility index (Phi) is 4.74. The predicted molar refractivity (Wildman–Crippen MR) is 91.3 cm³/mol. The molecule has 2 heterocycles. The van der Waals surface area contributed by atoms with Crippen LogP contribution < -0.4 is 10.1 Å². The van der Waals surface area contributed by atoms with Crippen molar-refractivity contribution >= 4 is 11.7 Å². The van der Waals surface area contributed by atoms with Crippen LogP contribution in [0.25, 0.3) is 0 Å². The van der Waals surface area contributed by atoms with Gasteiger partial charge >= 0.3 is 6.03 Å². The maximum atomic E-state index is 12.8. The van der Waals surface area contributed by atoms with Gasteiger partial charge in [0, 0.05) is 12.1 Å². The third kappa shape index (κ3) is 3.09. The van der Waals surface area contributed by atoms with Gasteiger partial charge < -0.3 is 19.5 Å². The Hall–Kier alpha value is -2.50. The molecule has 1 aromatic carbocycles. The van der Waals surface area contributed by atoms with Crippen molar-refractivity contribution in [2.24, 2.45) is 0 Å². The molecule has 0 radical (unpaired) electrons. The Bertz CT molecular complexity index is 707. The number of carbonyl (C=O) groups is 1. The van der Waals surface area contributed by atoms with Gasteiger partial charge in [-0.25, -0.2) is 4.79 Å². The van der Waals surface area contributed by atoms with Gasteiger partial charge in [0.1, 0.15) is 11.5 Å². The first-order valence-corrected chi connectivity index (χ1v) is 8.34. The molecule has 128 valence electrons. The van der Waals surface area contributed by atoms with Gasteiger partial charge in [0.25, 0.3) is 0 Å². The number of ether oxygens (including phenoxy) is 1. The molecular weight excluding hydrogens is 306 g/mol. The Morgan fingerprint density at radius 2 is 2.21 bits per heavy atom. The average molecular weight is 329 g/mol. The normalized spacial score (nSPS) is 17.1. The monoisotopic (exact) mass is 329 g/mol. The van der Waals surface area contributed by atoms with Gasteiger partial charge in [-0.15, -0.1) is 0 Å². The number of anilines is 1. The van der Waals surface area contributed by atoms with Crippen LogP contribution in [0.4, 0.5) is 10.5 Å². The summed E-state index contributed by atoms with van der Waals surface area (Å²) < 4.78 is 10.9. The number of likely N-dealkylation sites (tertiary alicyclic amines) is 1. The van der Waals surface area contributed by atoms with E-state index in [1.54, 1.807) is 0 Å². The van der Waals surface area contributed by atoms with Gasteiger partial charge in [-0.1, -0.05) is 17.3 Å². The maximum absolute atomic E-state index is 12.8. The summed E-state index contributed by atoms with van der Waals surface area (Å²) in [6.07, 6.45) is 1.89. The number of rotatable bonds is 4. The molecule has 0 spiro atoms. The van der Waals surface area contributed by atoms with E-state index >= 15 is 0 Å². The van der Waals surface area contributed by atoms with E-state index in [1.807, 2.05) is 49.9 Å². The highest BCUT2D eigenvalue weighted by Gasteiger charge is 2.34. The molecule has 3 rings (SSSR count). The summed E-state index contributed by atoms with van der Waals surface area (Å²) in [5, 5.41) is 7.00. The van der Waals surface area contributed by atoms with Gasteiger partial charge in [0.15, 0.2) is 0 Å². The fourth-order valence-electron chi connectivity index (χ4n) is 3.31. The molecule has 1 unspecified atom stereocenters. The molecule has 1 atom stereocenters. The Balaban J connectivity index is 1.80. The van der Waals surface area contributed by atoms with Crippen LogP contribution in [-0.4, -0.2) is 29.2 Å². The second-order valence-corrected chi connectivity index (χ2v) is 5.95. The molecule has 6 nitrogen and oxygen atoms in total. The number of benzene rings is 1. The van der Waals surface area contributed by atoms with Crippen LogP contribution in [0.1, 0.15) is 42.8 Å². The van der Waals surface area contributed by atoms with E-state index in [-0.39, 0.29) is 12.1 Å². The molecule has 1 N–H and O–H groups in total. The smallest absolute Gasteiger partial charge is 0.322 e. The van der Waals surface area contributed by atoms with Crippen LogP contribution in [0.3, 0.4) is 0 Å². The Morgan fingerprint density at radius 3 is 2.92 bits per heavy atom. The summed E-state index contributed by atoms with van der Waals surface area (Å²) >= 11 is 0. The summed E-state index contributed by atoms with van der Waals surface area (Å²) in [6.45, 7) is 7.01. The second kappa shape index (κ2) is 6.95. The average Bonchev–Trinajstić information content (AvgIpc) is 3.16. The largest absolute Gasteiger partial charge is 0.492 e. The lowest BCUT2D eigenvalue weighted by molar-refractivity contribution is 0.206. The number of hydrogen-bond acceptors (Lipinski definition) is 4. The van der Waals surface area contributed by atoms with Crippen molar-refractivity contribution in [2.75, 3.05) is 18.5 Å². The third-order valence-corrected chi connectivity index (χ3v) is 4.36. The van der Waals surface area contributed by atoms with Crippen LogP contribution in [0.2, 0.25) is 0 Å². The number of nitrogens with zero attached hydrogens (tertiary/aromatic N) is 2. The van der Waals surface area contributed by atoms with Crippen molar-refractivity contribution < 1.29 is 14.1 Å². The standard InChI is InChI=1S/C18H23N3O3/c1-4-23-16-10-6-5-8-14(16)19-18(22)21-11-7-9-15(21)17-12(2)20-24-13(17)3/h5-6,8,10,15H,4,7,9,11H2,1-3H3,(H,19,22). The topological polar surface area (TPSA) is 67.6 Å². The number of urea groups is 1. The minimum Gasteiger partial charge on any atom is -0.492 e. The number of nitrogens with one attached hydrogen (secondary N) is 1. The molecule has 1 aliphatic heterocycles. The number of amides is 2. The highest BCUT2D eigenvalue weighted by molar-refractivity contribution is 5.91. The number of aromatic nitrogens is 1. The third-order valence-electron chi connectivity index (χ3n) is 4.36. The Morgan fingerprint density at radius 1 is 1.42 bits per heavy atom. The molecule has 2 amide bonds. The minimum atomic E-state index is -0.121. The molecular formula is C18H23N3O3. The van der Waals surface area contributed by atoms with E-state index < -0.39 is 0 Å². The quantitative estimate of drug-likeness (QED) is 0.918. The Labute approximate surface area is 141 Å². The zero-order valence-electron chi connectivity index (χ0n) is 14.3. The number of hydrogen-bond donors (Lipinski definition) is 1.